The van der Waals surface area contributed by atoms with Gasteiger partial charge in [-0.2, -0.15) is 0 Å². The van der Waals surface area contributed by atoms with Crippen molar-refractivity contribution < 1.29 is 4.79 Å². The molecule has 0 aliphatic rings. The number of anilines is 1. The summed E-state index contributed by atoms with van der Waals surface area (Å²) in [4.78, 5) is 15.7. The number of carbonyl (C=O) groups excluding carboxylic acids is 1. The van der Waals surface area contributed by atoms with Crippen molar-refractivity contribution in [2.75, 3.05) is 12.3 Å². The molecule has 2 rings (SSSR count). The summed E-state index contributed by atoms with van der Waals surface area (Å²) in [5, 5.41) is 5.85. The number of thiazole rings is 1. The molecule has 0 atom stereocenters. The minimum Gasteiger partial charge on any atom is -0.375 e. The van der Waals surface area contributed by atoms with Gasteiger partial charge in [-0.1, -0.05) is 23.7 Å². The summed E-state index contributed by atoms with van der Waals surface area (Å²) in [5.41, 5.74) is 7.32. The number of carbonyl (C=O) groups is 1. The lowest BCUT2D eigenvalue weighted by Crippen LogP contribution is -2.27. The number of amides is 1. The summed E-state index contributed by atoms with van der Waals surface area (Å²) in [6.45, 7) is 0.582. The molecule has 1 heterocycles. The zero-order valence-electron chi connectivity index (χ0n) is 10.2. The molecule has 0 aliphatic carbocycles. The Bertz CT molecular complexity index is 571. The Balaban J connectivity index is 1.75. The summed E-state index contributed by atoms with van der Waals surface area (Å²) in [6, 6.07) is 7.61. The van der Waals surface area contributed by atoms with Crippen LogP contribution >= 0.6 is 22.9 Å². The van der Waals surface area contributed by atoms with Gasteiger partial charge in [-0.25, -0.2) is 4.98 Å². The first kappa shape index (κ1) is 13.8. The van der Waals surface area contributed by atoms with Crippen molar-refractivity contribution in [1.82, 2.24) is 10.3 Å². The molecule has 0 saturated heterocycles. The third-order valence-corrected chi connectivity index (χ3v) is 3.49. The molecule has 0 radical (unpaired) electrons. The van der Waals surface area contributed by atoms with E-state index in [2.05, 4.69) is 10.3 Å². The van der Waals surface area contributed by atoms with Gasteiger partial charge in [-0.15, -0.1) is 11.3 Å². The molecule has 1 amide bonds. The maximum absolute atomic E-state index is 11.7. The van der Waals surface area contributed by atoms with Crippen LogP contribution in [0.3, 0.4) is 0 Å². The van der Waals surface area contributed by atoms with Gasteiger partial charge >= 0.3 is 0 Å². The van der Waals surface area contributed by atoms with E-state index in [0.717, 1.165) is 12.0 Å². The van der Waals surface area contributed by atoms with E-state index < -0.39 is 0 Å². The van der Waals surface area contributed by atoms with Crippen LogP contribution in [-0.4, -0.2) is 17.4 Å². The Morgan fingerprint density at radius 2 is 2.32 bits per heavy atom. The van der Waals surface area contributed by atoms with Crippen LogP contribution in [0.1, 0.15) is 11.3 Å². The van der Waals surface area contributed by atoms with Crippen molar-refractivity contribution in [2.45, 2.75) is 12.8 Å². The molecule has 0 aliphatic heterocycles. The molecule has 4 nitrogen and oxygen atoms in total. The number of nitrogens with one attached hydrogen (secondary N) is 1. The first-order valence-corrected chi connectivity index (χ1v) is 7.10. The lowest BCUT2D eigenvalue weighted by Gasteiger charge is -2.04. The third-order valence-electron chi connectivity index (χ3n) is 2.54. The highest BCUT2D eigenvalue weighted by Crippen LogP contribution is 2.12. The topological polar surface area (TPSA) is 68.0 Å². The van der Waals surface area contributed by atoms with Crippen molar-refractivity contribution in [3.63, 3.8) is 0 Å². The van der Waals surface area contributed by atoms with Crippen LogP contribution in [0.5, 0.6) is 0 Å². The molecule has 0 unspecified atom stereocenters. The smallest absolute Gasteiger partial charge is 0.226 e. The number of hydrogen-bond acceptors (Lipinski definition) is 4. The van der Waals surface area contributed by atoms with Crippen LogP contribution in [-0.2, 0) is 17.6 Å². The number of rotatable bonds is 5. The minimum absolute atomic E-state index is 0.0488. The van der Waals surface area contributed by atoms with E-state index in [1.807, 2.05) is 24.3 Å². The van der Waals surface area contributed by atoms with Gasteiger partial charge in [-0.05, 0) is 24.1 Å². The molecule has 2 aromatic rings. The fourth-order valence-electron chi connectivity index (χ4n) is 1.67. The fourth-order valence-corrected chi connectivity index (χ4v) is 2.45. The Kier molecular flexibility index (Phi) is 4.76. The van der Waals surface area contributed by atoms with E-state index in [0.29, 0.717) is 22.4 Å². The molecule has 0 saturated carbocycles. The van der Waals surface area contributed by atoms with E-state index in [4.69, 9.17) is 17.3 Å². The van der Waals surface area contributed by atoms with Gasteiger partial charge in [0.05, 0.1) is 12.1 Å². The molecule has 1 aromatic carbocycles. The monoisotopic (exact) mass is 295 g/mol. The molecule has 3 N–H and O–H groups in total. The van der Waals surface area contributed by atoms with E-state index in [1.54, 1.807) is 5.38 Å². The SMILES string of the molecule is Nc1nc(CC(=O)NCCc2cccc(Cl)c2)cs1. The highest BCUT2D eigenvalue weighted by molar-refractivity contribution is 7.13. The molecule has 1 aromatic heterocycles. The second-order valence-corrected chi connectivity index (χ2v) is 5.41. The zero-order chi connectivity index (χ0) is 13.7. The molecular formula is C13H14ClN3OS. The van der Waals surface area contributed by atoms with Crippen LogP contribution in [0.4, 0.5) is 5.13 Å². The van der Waals surface area contributed by atoms with E-state index in [-0.39, 0.29) is 12.3 Å². The predicted octanol–water partition coefficient (Wildman–Crippen LogP) is 2.28. The molecule has 100 valence electrons. The molecule has 0 fully saturated rings. The second kappa shape index (κ2) is 6.54. The molecule has 6 heteroatoms. The van der Waals surface area contributed by atoms with Crippen LogP contribution in [0.2, 0.25) is 5.02 Å². The Labute approximate surface area is 120 Å². The number of nitrogens with two attached hydrogens (primary N) is 1. The number of halogens is 1. The maximum Gasteiger partial charge on any atom is 0.226 e. The van der Waals surface area contributed by atoms with Gasteiger partial charge in [-0.3, -0.25) is 4.79 Å². The van der Waals surface area contributed by atoms with Gasteiger partial charge in [0.25, 0.3) is 0 Å². The average molecular weight is 296 g/mol. The summed E-state index contributed by atoms with van der Waals surface area (Å²) in [7, 11) is 0. The number of benzene rings is 1. The number of aromatic nitrogens is 1. The van der Waals surface area contributed by atoms with Crippen molar-refractivity contribution in [2.24, 2.45) is 0 Å². The highest BCUT2D eigenvalue weighted by Gasteiger charge is 2.06. The standard InChI is InChI=1S/C13H14ClN3OS/c14-10-3-1-2-9(6-10)4-5-16-12(18)7-11-8-19-13(15)17-11/h1-3,6,8H,4-5,7H2,(H2,15,17)(H,16,18). The Morgan fingerprint density at radius 1 is 1.47 bits per heavy atom. The highest BCUT2D eigenvalue weighted by atomic mass is 35.5. The van der Waals surface area contributed by atoms with Crippen LogP contribution in [0, 0.1) is 0 Å². The Hall–Kier alpha value is -1.59. The van der Waals surface area contributed by atoms with Gasteiger partial charge in [0.15, 0.2) is 5.13 Å². The second-order valence-electron chi connectivity index (χ2n) is 4.08. The van der Waals surface area contributed by atoms with Gasteiger partial charge in [0, 0.05) is 16.9 Å². The van der Waals surface area contributed by atoms with E-state index in [1.165, 1.54) is 11.3 Å². The van der Waals surface area contributed by atoms with Crippen molar-refractivity contribution in [3.8, 4) is 0 Å². The molecular weight excluding hydrogens is 282 g/mol. The van der Waals surface area contributed by atoms with Crippen LogP contribution in [0.25, 0.3) is 0 Å². The van der Waals surface area contributed by atoms with Gasteiger partial charge in [0.1, 0.15) is 0 Å². The molecule has 19 heavy (non-hydrogen) atoms. The average Bonchev–Trinajstić information content (AvgIpc) is 2.75. The lowest BCUT2D eigenvalue weighted by atomic mass is 10.1. The fraction of sp³-hybridized carbons (Fsp3) is 0.231. The lowest BCUT2D eigenvalue weighted by molar-refractivity contribution is -0.120. The number of nitrogens with zero attached hydrogens (tertiary/aromatic N) is 1. The first-order chi connectivity index (χ1) is 9.13. The van der Waals surface area contributed by atoms with Gasteiger partial charge in [0.2, 0.25) is 5.91 Å². The van der Waals surface area contributed by atoms with Gasteiger partial charge < -0.3 is 11.1 Å². The summed E-state index contributed by atoms with van der Waals surface area (Å²) < 4.78 is 0. The zero-order valence-corrected chi connectivity index (χ0v) is 11.8. The van der Waals surface area contributed by atoms with E-state index >= 15 is 0 Å². The van der Waals surface area contributed by atoms with E-state index in [9.17, 15) is 4.79 Å². The molecule has 0 bridgehead atoms. The first-order valence-electron chi connectivity index (χ1n) is 5.84. The summed E-state index contributed by atoms with van der Waals surface area (Å²) in [5.74, 6) is -0.0488. The predicted molar refractivity (Wildman–Crippen MR) is 78.4 cm³/mol. The Morgan fingerprint density at radius 3 is 3.00 bits per heavy atom. The van der Waals surface area contributed by atoms with Crippen molar-refractivity contribution >= 4 is 34.0 Å². The maximum atomic E-state index is 11.7. The third kappa shape index (κ3) is 4.54. The quantitative estimate of drug-likeness (QED) is 0.889. The summed E-state index contributed by atoms with van der Waals surface area (Å²) >= 11 is 7.23. The van der Waals surface area contributed by atoms with Crippen molar-refractivity contribution in [3.05, 3.63) is 45.9 Å². The van der Waals surface area contributed by atoms with Crippen LogP contribution < -0.4 is 11.1 Å². The number of nitrogen functional groups attached to an aromatic ring is 1. The normalized spacial score (nSPS) is 10.4. The largest absolute Gasteiger partial charge is 0.375 e. The minimum atomic E-state index is -0.0488. The summed E-state index contributed by atoms with van der Waals surface area (Å²) in [6.07, 6.45) is 1.02. The molecule has 0 spiro atoms. The number of hydrogen-bond donors (Lipinski definition) is 2. The van der Waals surface area contributed by atoms with Crippen molar-refractivity contribution in [1.29, 1.82) is 0 Å². The van der Waals surface area contributed by atoms with Crippen LogP contribution in [0.15, 0.2) is 29.6 Å².